The van der Waals surface area contributed by atoms with Crippen LogP contribution in [0.25, 0.3) is 10.8 Å². The molecule has 14 heteroatoms. The molecule has 1 saturated heterocycles. The summed E-state index contributed by atoms with van der Waals surface area (Å²) in [4.78, 5) is 5.21. The number of aryl methyl sites for hydroxylation is 2. The fourth-order valence-corrected chi connectivity index (χ4v) is 19.3. The van der Waals surface area contributed by atoms with E-state index in [1.54, 1.807) is 12.1 Å². The van der Waals surface area contributed by atoms with Gasteiger partial charge in [-0.05, 0) is 229 Å². The molecule has 484 valence electrons. The third-order valence-corrected chi connectivity index (χ3v) is 24.0. The molecule has 10 N–H and O–H groups in total. The van der Waals surface area contributed by atoms with Gasteiger partial charge in [0.05, 0.1) is 23.1 Å². The standard InChI is InChI=1S/C79H88N4O9S/c1-47-16-17-56-39-64-28-31-66(56)69(47)42-72(93(88,89)90)71-41-60-37-59(40-65-35-49(46-84)11-6-13-55-38-63(85)27-30-67(55)76(60)91-65)74(71)53-22-25-61(26-23-53)79(92-64,83-77(80)81)44-62(34-48-9-4-3-5-10-48)78(87)32-8-15-58(43-78)51-18-20-54(21-19-51)75(86)68-29-24-52-12-7-14-57-33-50(45-82-2)36-70(68)73(52)57/h3-5,7,9-10,12,14,18-23,25-28,30-31,33,36,38-39,41,47,49,58-59,62,65,68-69,71-72,74-76,82,84-87H,8,11,15-17,24,29,32,34-35,37,40,42-46H2,1-2H3,(H4,80,81,83)(H,88,89,90). The number of allylic oxidation sites excluding steroid dienone is 1. The van der Waals surface area contributed by atoms with E-state index in [0.717, 1.165) is 89.6 Å². The van der Waals surface area contributed by atoms with Crippen molar-refractivity contribution >= 4 is 26.9 Å². The summed E-state index contributed by atoms with van der Waals surface area (Å²) in [5, 5.41) is 52.3. The lowest BCUT2D eigenvalue weighted by Crippen LogP contribution is -2.48. The molecular weight excluding hydrogens is 1180 g/mol. The largest absolute Gasteiger partial charge is 0.508 e. The van der Waals surface area contributed by atoms with Crippen molar-refractivity contribution in [3.05, 3.63) is 224 Å². The van der Waals surface area contributed by atoms with Gasteiger partial charge >= 0.3 is 0 Å². The molecule has 13 nitrogen and oxygen atoms in total. The Balaban J connectivity index is 0.854. The molecule has 7 aromatic rings. The van der Waals surface area contributed by atoms with Crippen molar-refractivity contribution in [2.45, 2.75) is 168 Å². The van der Waals surface area contributed by atoms with Crippen LogP contribution >= 0.6 is 0 Å². The van der Waals surface area contributed by atoms with Gasteiger partial charge in [0.1, 0.15) is 17.6 Å². The maximum absolute atomic E-state index is 14.6. The van der Waals surface area contributed by atoms with Gasteiger partial charge in [-0.1, -0.05) is 140 Å². The lowest BCUT2D eigenvalue weighted by atomic mass is 9.64. The summed E-state index contributed by atoms with van der Waals surface area (Å²) in [6.45, 7) is 2.84. The number of aliphatic hydroxyl groups excluding tert-OH is 2. The molecule has 15 unspecified atom stereocenters. The summed E-state index contributed by atoms with van der Waals surface area (Å²) in [7, 11) is -2.76. The lowest BCUT2D eigenvalue weighted by Gasteiger charge is -2.46. The van der Waals surface area contributed by atoms with E-state index in [9.17, 15) is 33.4 Å². The maximum Gasteiger partial charge on any atom is 0.268 e. The van der Waals surface area contributed by atoms with E-state index in [1.165, 1.54) is 27.5 Å². The molecule has 2 fully saturated rings. The number of benzene rings is 7. The van der Waals surface area contributed by atoms with Crippen LogP contribution in [0.4, 0.5) is 0 Å². The summed E-state index contributed by atoms with van der Waals surface area (Å²) in [6.07, 6.45) is 9.28. The highest BCUT2D eigenvalue weighted by Crippen LogP contribution is 2.56. The molecule has 0 spiro atoms. The summed E-state index contributed by atoms with van der Waals surface area (Å²) < 4.78 is 55.7. The highest BCUT2D eigenvalue weighted by molar-refractivity contribution is 7.86. The normalized spacial score (nSPS) is 29.5. The maximum atomic E-state index is 14.6. The number of hydrogen-bond acceptors (Lipinski definition) is 10. The zero-order valence-corrected chi connectivity index (χ0v) is 54.2. The zero-order valence-electron chi connectivity index (χ0n) is 53.3. The van der Waals surface area contributed by atoms with Crippen LogP contribution in [0, 0.1) is 41.4 Å². The number of aliphatic hydroxyl groups is 3. The molecule has 93 heavy (non-hydrogen) atoms. The Morgan fingerprint density at radius 3 is 2.39 bits per heavy atom. The molecule has 7 aromatic carbocycles. The van der Waals surface area contributed by atoms with Gasteiger partial charge in [-0.15, -0.1) is 0 Å². The Labute approximate surface area is 547 Å². The van der Waals surface area contributed by atoms with Crippen LogP contribution in [0.2, 0.25) is 0 Å². The van der Waals surface area contributed by atoms with Crippen LogP contribution in [-0.2, 0) is 46.4 Å². The minimum Gasteiger partial charge on any atom is -0.508 e. The number of fused-ring (bicyclic) bond motifs is 8. The van der Waals surface area contributed by atoms with E-state index in [2.05, 4.69) is 121 Å². The molecule has 5 aliphatic heterocycles. The molecule has 15 atom stereocenters. The van der Waals surface area contributed by atoms with Gasteiger partial charge in [-0.3, -0.25) is 4.55 Å². The average Bonchev–Trinajstić information content (AvgIpc) is 1.75. The van der Waals surface area contributed by atoms with Crippen LogP contribution in [-0.4, -0.2) is 70.0 Å². The number of ether oxygens (including phenoxy) is 2. The van der Waals surface area contributed by atoms with Gasteiger partial charge in [-0.2, -0.15) is 8.42 Å². The SMILES string of the molecule is CNCc1cc2c3c(cccc3c1)CCC2C(O)c1ccc(C2CCCC(O)(C(Cc3ccccc3)CC3(N=C(N)N)Oc4ccc5c(c4)CCC(C)C5CC(S(=O)(=O)O)C4C=C5CC(CC6CC(CO)CC#Cc7cc(O)ccc7C5O6)C4c4ccc3cc4)C2)cc1. The lowest BCUT2D eigenvalue weighted by molar-refractivity contribution is -0.0834. The van der Waals surface area contributed by atoms with Crippen molar-refractivity contribution in [2.24, 2.45) is 46.0 Å². The van der Waals surface area contributed by atoms with E-state index < -0.39 is 56.7 Å². The predicted molar refractivity (Wildman–Crippen MR) is 364 cm³/mol. The summed E-state index contributed by atoms with van der Waals surface area (Å²) in [6, 6.07) is 49.2. The number of guanidine groups is 1. The Morgan fingerprint density at radius 1 is 0.828 bits per heavy atom. The van der Waals surface area contributed by atoms with Crippen molar-refractivity contribution in [1.82, 2.24) is 5.32 Å². The van der Waals surface area contributed by atoms with Gasteiger partial charge in [0.25, 0.3) is 10.1 Å². The summed E-state index contributed by atoms with van der Waals surface area (Å²) >= 11 is 0. The van der Waals surface area contributed by atoms with Gasteiger partial charge in [0, 0.05) is 54.5 Å². The number of rotatable bonds is 13. The van der Waals surface area contributed by atoms with E-state index in [0.29, 0.717) is 61.8 Å². The number of aromatic hydroxyl groups is 1. The number of phenols is 1. The molecule has 4 aliphatic carbocycles. The minimum absolute atomic E-state index is 0.00266. The molecule has 0 amide bonds. The number of phenolic OH excluding ortho intramolecular Hbond substituents is 1. The first-order valence-corrected chi connectivity index (χ1v) is 35.4. The van der Waals surface area contributed by atoms with E-state index in [1.807, 2.05) is 49.5 Å². The number of nitrogens with zero attached hydrogens (tertiary/aromatic N) is 1. The molecule has 16 rings (SSSR count). The van der Waals surface area contributed by atoms with Crippen molar-refractivity contribution in [3.8, 4) is 23.3 Å². The number of nitrogens with two attached hydrogens (primary N) is 2. The first kappa shape index (κ1) is 63.1. The van der Waals surface area contributed by atoms with Crippen molar-refractivity contribution < 1.29 is 42.9 Å². The van der Waals surface area contributed by atoms with Crippen LogP contribution in [0.1, 0.15) is 187 Å². The van der Waals surface area contributed by atoms with Crippen LogP contribution in [0.5, 0.6) is 11.5 Å². The molecule has 0 aromatic heterocycles. The van der Waals surface area contributed by atoms with Gasteiger partial charge in [0.15, 0.2) is 5.96 Å². The first-order valence-electron chi connectivity index (χ1n) is 33.9. The average molecular weight is 1270 g/mol. The molecule has 10 bridgehead atoms. The van der Waals surface area contributed by atoms with Crippen LogP contribution < -0.4 is 21.5 Å². The fraction of sp³-hybridized carbons (Fsp3) is 0.430. The summed E-state index contributed by atoms with van der Waals surface area (Å²) in [5.74, 6) is 4.83. The third-order valence-electron chi connectivity index (χ3n) is 22.7. The van der Waals surface area contributed by atoms with Crippen molar-refractivity contribution in [3.63, 3.8) is 0 Å². The smallest absolute Gasteiger partial charge is 0.268 e. The Morgan fingerprint density at radius 2 is 1.61 bits per heavy atom. The third kappa shape index (κ3) is 12.6. The van der Waals surface area contributed by atoms with E-state index >= 15 is 0 Å². The molecule has 1 saturated carbocycles. The second-order valence-electron chi connectivity index (χ2n) is 28.5. The summed E-state index contributed by atoms with van der Waals surface area (Å²) in [5.41, 5.74) is 23.2. The highest BCUT2D eigenvalue weighted by Gasteiger charge is 2.51. The highest BCUT2D eigenvalue weighted by atomic mass is 32.2. The fourth-order valence-electron chi connectivity index (χ4n) is 18.2. The number of aliphatic imine (C=N–C) groups is 1. The van der Waals surface area contributed by atoms with Gasteiger partial charge < -0.3 is 46.7 Å². The van der Waals surface area contributed by atoms with E-state index in [4.69, 9.17) is 25.9 Å². The van der Waals surface area contributed by atoms with Crippen molar-refractivity contribution in [1.29, 1.82) is 0 Å². The van der Waals surface area contributed by atoms with E-state index in [-0.39, 0.29) is 72.8 Å². The van der Waals surface area contributed by atoms with Crippen molar-refractivity contribution in [2.75, 3.05) is 13.7 Å². The molecule has 9 aliphatic rings. The molecule has 5 heterocycles. The number of hydrogen-bond donors (Lipinski definition) is 8. The molecular formula is C79H88N4O9S. The predicted octanol–water partition coefficient (Wildman–Crippen LogP) is 13.1. The zero-order chi connectivity index (χ0) is 64.3. The molecule has 0 radical (unpaired) electrons. The van der Waals surface area contributed by atoms with Crippen LogP contribution in [0.15, 0.2) is 162 Å². The topological polar surface area (TPSA) is 230 Å². The second-order valence-corrected chi connectivity index (χ2v) is 30.2. The Bertz CT molecular complexity index is 4160. The number of nitrogens with one attached hydrogen (secondary N) is 1. The first-order chi connectivity index (χ1) is 44.9. The van der Waals surface area contributed by atoms with Gasteiger partial charge in [-0.25, -0.2) is 4.99 Å². The second kappa shape index (κ2) is 25.8. The monoisotopic (exact) mass is 1270 g/mol. The minimum atomic E-state index is -4.72. The Hall–Kier alpha value is -7.32. The Kier molecular flexibility index (Phi) is 17.5. The van der Waals surface area contributed by atoms with Crippen LogP contribution in [0.3, 0.4) is 0 Å². The quantitative estimate of drug-likeness (QED) is 0.0177. The van der Waals surface area contributed by atoms with Gasteiger partial charge in [0.2, 0.25) is 5.72 Å².